The minimum Gasteiger partial charge on any atom is -0.311 e. The van der Waals surface area contributed by atoms with E-state index in [9.17, 15) is 13.2 Å². The van der Waals surface area contributed by atoms with Crippen molar-refractivity contribution in [2.75, 3.05) is 13.1 Å². The van der Waals surface area contributed by atoms with Gasteiger partial charge in [0.1, 0.15) is 0 Å². The normalized spacial score (nSPS) is 33.5. The van der Waals surface area contributed by atoms with Crippen molar-refractivity contribution in [1.29, 1.82) is 0 Å². The Morgan fingerprint density at radius 3 is 2.10 bits per heavy atom. The van der Waals surface area contributed by atoms with Crippen molar-refractivity contribution >= 4 is 0 Å². The van der Waals surface area contributed by atoms with Gasteiger partial charge in [0.25, 0.3) is 0 Å². The van der Waals surface area contributed by atoms with E-state index < -0.39 is 18.6 Å². The number of piperidine rings is 1. The molecule has 0 aromatic rings. The second-order valence-electron chi connectivity index (χ2n) is 6.91. The van der Waals surface area contributed by atoms with Crippen molar-refractivity contribution in [2.24, 2.45) is 11.8 Å². The van der Waals surface area contributed by atoms with Crippen LogP contribution in [0.4, 0.5) is 13.2 Å². The Morgan fingerprint density at radius 1 is 1.10 bits per heavy atom. The number of fused-ring (bicyclic) bond motifs is 2. The summed E-state index contributed by atoms with van der Waals surface area (Å²) in [5.41, 5.74) is 0. The van der Waals surface area contributed by atoms with Gasteiger partial charge in [-0.1, -0.05) is 6.42 Å². The summed E-state index contributed by atoms with van der Waals surface area (Å²) in [6.07, 6.45) is -1.27. The molecule has 2 nitrogen and oxygen atoms in total. The van der Waals surface area contributed by atoms with Crippen LogP contribution < -0.4 is 5.32 Å². The van der Waals surface area contributed by atoms with E-state index in [-0.39, 0.29) is 6.04 Å². The molecule has 5 heteroatoms. The molecule has 1 saturated heterocycles. The molecule has 1 saturated carbocycles. The summed E-state index contributed by atoms with van der Waals surface area (Å²) in [5.74, 6) is 1.03. The molecule has 3 unspecified atom stereocenters. The molecule has 118 valence electrons. The van der Waals surface area contributed by atoms with Crippen LogP contribution in [0, 0.1) is 11.8 Å². The minimum atomic E-state index is -4.07. The maximum absolute atomic E-state index is 12.5. The topological polar surface area (TPSA) is 15.3 Å². The van der Waals surface area contributed by atoms with Gasteiger partial charge in [0, 0.05) is 31.2 Å². The highest BCUT2D eigenvalue weighted by atomic mass is 19.4. The fraction of sp³-hybridized carbons (Fsp3) is 1.00. The van der Waals surface area contributed by atoms with Crippen LogP contribution in [0.3, 0.4) is 0 Å². The van der Waals surface area contributed by atoms with Crippen LogP contribution in [-0.2, 0) is 0 Å². The van der Waals surface area contributed by atoms with Crippen LogP contribution in [0.1, 0.15) is 46.5 Å². The van der Waals surface area contributed by atoms with Gasteiger partial charge in [-0.25, -0.2) is 0 Å². The van der Waals surface area contributed by atoms with Crippen molar-refractivity contribution in [2.45, 2.75) is 70.8 Å². The smallest absolute Gasteiger partial charge is 0.311 e. The molecule has 1 heterocycles. The van der Waals surface area contributed by atoms with Crippen molar-refractivity contribution < 1.29 is 13.2 Å². The number of likely N-dealkylation sites (tertiary alicyclic amines) is 1. The van der Waals surface area contributed by atoms with Gasteiger partial charge in [-0.15, -0.1) is 0 Å². The van der Waals surface area contributed by atoms with Gasteiger partial charge in [0.15, 0.2) is 0 Å². The fourth-order valence-corrected chi connectivity index (χ4v) is 3.90. The summed E-state index contributed by atoms with van der Waals surface area (Å²) >= 11 is 0. The number of nitrogens with zero attached hydrogens (tertiary/aromatic N) is 1. The van der Waals surface area contributed by atoms with Crippen molar-refractivity contribution in [3.05, 3.63) is 0 Å². The van der Waals surface area contributed by atoms with Gasteiger partial charge in [-0.3, -0.25) is 0 Å². The predicted molar refractivity (Wildman–Crippen MR) is 74.6 cm³/mol. The number of hydrogen-bond acceptors (Lipinski definition) is 2. The molecule has 2 aliphatic rings. The zero-order valence-corrected chi connectivity index (χ0v) is 12.7. The third kappa shape index (κ3) is 4.10. The first kappa shape index (κ1) is 16.1. The minimum absolute atomic E-state index is 0.274. The Bertz CT molecular complexity index is 303. The third-order valence-corrected chi connectivity index (χ3v) is 4.85. The van der Waals surface area contributed by atoms with Crippen molar-refractivity contribution in [3.63, 3.8) is 0 Å². The Kier molecular flexibility index (Phi) is 5.00. The van der Waals surface area contributed by atoms with E-state index in [4.69, 9.17) is 0 Å². The molecule has 0 aromatic heterocycles. The maximum Gasteiger partial charge on any atom is 0.390 e. The molecule has 1 N–H and O–H groups in total. The molecule has 3 atom stereocenters. The van der Waals surface area contributed by atoms with E-state index >= 15 is 0 Å². The van der Waals surface area contributed by atoms with Crippen LogP contribution in [0.2, 0.25) is 0 Å². The van der Waals surface area contributed by atoms with E-state index in [2.05, 4.69) is 24.1 Å². The number of halogens is 3. The molecule has 20 heavy (non-hydrogen) atoms. The highest BCUT2D eigenvalue weighted by molar-refractivity contribution is 4.96. The summed E-state index contributed by atoms with van der Waals surface area (Å²) in [7, 11) is 0. The maximum atomic E-state index is 12.5. The predicted octanol–water partition coefficient (Wildman–Crippen LogP) is 3.43. The van der Waals surface area contributed by atoms with Gasteiger partial charge in [0.2, 0.25) is 0 Å². The highest BCUT2D eigenvalue weighted by Crippen LogP contribution is 2.36. The van der Waals surface area contributed by atoms with E-state index in [1.807, 2.05) is 0 Å². The second kappa shape index (κ2) is 6.22. The summed E-state index contributed by atoms with van der Waals surface area (Å²) in [6, 6.07) is 0.330. The molecule has 2 rings (SSSR count). The zero-order chi connectivity index (χ0) is 14.9. The van der Waals surface area contributed by atoms with Gasteiger partial charge in [0.05, 0.1) is 6.42 Å². The SMILES string of the molecule is CC(CC(F)(F)F)NC1C2CCCC1CN(C(C)C)C2. The average molecular weight is 292 g/mol. The molecule has 1 aliphatic carbocycles. The third-order valence-electron chi connectivity index (χ3n) is 4.85. The lowest BCUT2D eigenvalue weighted by Gasteiger charge is -2.50. The average Bonchev–Trinajstić information content (AvgIpc) is 2.24. The first-order valence-corrected chi connectivity index (χ1v) is 7.83. The number of nitrogens with one attached hydrogen (secondary N) is 1. The highest BCUT2D eigenvalue weighted by Gasteiger charge is 2.41. The molecule has 0 radical (unpaired) electrons. The first-order chi connectivity index (χ1) is 9.26. The molecule has 2 fully saturated rings. The molecule has 1 aliphatic heterocycles. The summed E-state index contributed by atoms with van der Waals surface area (Å²) in [6.45, 7) is 8.14. The monoisotopic (exact) mass is 292 g/mol. The van der Waals surface area contributed by atoms with Gasteiger partial charge < -0.3 is 10.2 Å². The number of alkyl halides is 3. The quantitative estimate of drug-likeness (QED) is 0.854. The molecular formula is C15H27F3N2. The fourth-order valence-electron chi connectivity index (χ4n) is 3.90. The molecule has 0 aromatic carbocycles. The summed E-state index contributed by atoms with van der Waals surface area (Å²) in [5, 5.41) is 3.29. The van der Waals surface area contributed by atoms with Gasteiger partial charge >= 0.3 is 6.18 Å². The zero-order valence-electron chi connectivity index (χ0n) is 12.7. The van der Waals surface area contributed by atoms with Crippen LogP contribution in [0.25, 0.3) is 0 Å². The Balaban J connectivity index is 1.95. The van der Waals surface area contributed by atoms with Gasteiger partial charge in [-0.05, 0) is 45.4 Å². The lowest BCUT2D eigenvalue weighted by molar-refractivity contribution is -0.140. The largest absolute Gasteiger partial charge is 0.390 e. The van der Waals surface area contributed by atoms with Crippen molar-refractivity contribution in [3.8, 4) is 0 Å². The standard InChI is InChI=1S/C15H27F3N2/c1-10(2)20-8-12-5-4-6-13(9-20)14(12)19-11(3)7-15(16,17)18/h10-14,19H,4-9H2,1-3H3. The molecule has 2 bridgehead atoms. The van der Waals surface area contributed by atoms with Crippen LogP contribution in [0.5, 0.6) is 0 Å². The first-order valence-electron chi connectivity index (χ1n) is 7.83. The second-order valence-corrected chi connectivity index (χ2v) is 6.91. The summed E-state index contributed by atoms with van der Waals surface area (Å²) < 4.78 is 37.4. The Labute approximate surface area is 120 Å². The van der Waals surface area contributed by atoms with E-state index in [0.717, 1.165) is 25.9 Å². The van der Waals surface area contributed by atoms with E-state index in [0.29, 0.717) is 17.9 Å². The van der Waals surface area contributed by atoms with Crippen LogP contribution >= 0.6 is 0 Å². The van der Waals surface area contributed by atoms with Crippen molar-refractivity contribution in [1.82, 2.24) is 10.2 Å². The lowest BCUT2D eigenvalue weighted by Crippen LogP contribution is -2.59. The number of hydrogen-bond donors (Lipinski definition) is 1. The van der Waals surface area contributed by atoms with Crippen LogP contribution in [0.15, 0.2) is 0 Å². The Hall–Kier alpha value is -0.290. The van der Waals surface area contributed by atoms with Crippen LogP contribution in [-0.4, -0.2) is 42.3 Å². The lowest BCUT2D eigenvalue weighted by atomic mass is 9.73. The van der Waals surface area contributed by atoms with E-state index in [1.165, 1.54) is 6.42 Å². The van der Waals surface area contributed by atoms with E-state index in [1.54, 1.807) is 6.92 Å². The van der Waals surface area contributed by atoms with Gasteiger partial charge in [-0.2, -0.15) is 13.2 Å². The molecule has 0 spiro atoms. The Morgan fingerprint density at radius 2 is 1.65 bits per heavy atom. The molecular weight excluding hydrogens is 265 g/mol. The molecule has 0 amide bonds. The summed E-state index contributed by atoms with van der Waals surface area (Å²) in [4.78, 5) is 2.49. The number of rotatable bonds is 4.